The van der Waals surface area contributed by atoms with Gasteiger partial charge in [-0.3, -0.25) is 19.5 Å². The lowest BCUT2D eigenvalue weighted by Crippen LogP contribution is -2.39. The molecule has 0 bridgehead atoms. The lowest BCUT2D eigenvalue weighted by Gasteiger charge is -2.24. The number of nitro groups is 1. The van der Waals surface area contributed by atoms with Gasteiger partial charge in [0.15, 0.2) is 16.3 Å². The van der Waals surface area contributed by atoms with E-state index in [2.05, 4.69) is 4.99 Å². The standard InChI is InChI=1S/C25H22ClN3O7S/c1-5-36-24(31)21-13(2)27-25-28(22(21)14-6-8-16(26)9-7-14)23(30)20(37-25)11-15-10-18(34-3)19(35-4)12-17(15)29(32)33/h6-12,22H,5H2,1-4H3/b20-11-/t22-/m1/s1. The summed E-state index contributed by atoms with van der Waals surface area (Å²) in [7, 11) is 2.78. The number of rotatable bonds is 7. The number of carbonyl (C=O) groups is 1. The Kier molecular flexibility index (Phi) is 7.46. The second kappa shape index (κ2) is 10.6. The third kappa shape index (κ3) is 4.87. The first-order valence-electron chi connectivity index (χ1n) is 11.1. The van der Waals surface area contributed by atoms with Gasteiger partial charge in [-0.15, -0.1) is 0 Å². The molecule has 1 aliphatic rings. The van der Waals surface area contributed by atoms with Crippen LogP contribution in [0.5, 0.6) is 11.5 Å². The van der Waals surface area contributed by atoms with Gasteiger partial charge in [0.2, 0.25) is 0 Å². The van der Waals surface area contributed by atoms with E-state index in [9.17, 15) is 19.7 Å². The number of thiazole rings is 1. The van der Waals surface area contributed by atoms with E-state index >= 15 is 0 Å². The molecule has 1 aromatic heterocycles. The van der Waals surface area contributed by atoms with Crippen LogP contribution in [0.2, 0.25) is 5.02 Å². The lowest BCUT2D eigenvalue weighted by molar-refractivity contribution is -0.385. The van der Waals surface area contributed by atoms with E-state index in [0.29, 0.717) is 21.1 Å². The summed E-state index contributed by atoms with van der Waals surface area (Å²) in [6, 6.07) is 8.62. The minimum atomic E-state index is -0.824. The molecule has 2 aromatic carbocycles. The zero-order valence-corrected chi connectivity index (χ0v) is 21.9. The van der Waals surface area contributed by atoms with Crippen molar-refractivity contribution in [2.45, 2.75) is 19.9 Å². The Labute approximate surface area is 219 Å². The number of ether oxygens (including phenoxy) is 3. The van der Waals surface area contributed by atoms with Crippen LogP contribution in [-0.2, 0) is 9.53 Å². The average Bonchev–Trinajstić information content (AvgIpc) is 3.17. The highest BCUT2D eigenvalue weighted by molar-refractivity contribution is 7.07. The van der Waals surface area contributed by atoms with Gasteiger partial charge >= 0.3 is 5.97 Å². The van der Waals surface area contributed by atoms with Gasteiger partial charge < -0.3 is 14.2 Å². The van der Waals surface area contributed by atoms with Crippen LogP contribution in [0.15, 0.2) is 57.5 Å². The maximum Gasteiger partial charge on any atom is 0.338 e. The molecular weight excluding hydrogens is 522 g/mol. The van der Waals surface area contributed by atoms with Crippen molar-refractivity contribution in [3.05, 3.63) is 93.6 Å². The molecule has 0 saturated heterocycles. The maximum atomic E-state index is 13.7. The molecule has 1 aliphatic heterocycles. The molecule has 4 rings (SSSR count). The Morgan fingerprint density at radius 2 is 1.86 bits per heavy atom. The van der Waals surface area contributed by atoms with Crippen molar-refractivity contribution in [3.63, 3.8) is 0 Å². The number of methoxy groups -OCH3 is 2. The topological polar surface area (TPSA) is 122 Å². The molecule has 0 radical (unpaired) electrons. The maximum absolute atomic E-state index is 13.7. The fourth-order valence-corrected chi connectivity index (χ4v) is 5.21. The van der Waals surface area contributed by atoms with Crippen molar-refractivity contribution >= 4 is 40.7 Å². The van der Waals surface area contributed by atoms with Gasteiger partial charge in [-0.2, -0.15) is 0 Å². The Morgan fingerprint density at radius 1 is 1.22 bits per heavy atom. The molecule has 0 spiro atoms. The molecule has 1 atom stereocenters. The van der Waals surface area contributed by atoms with E-state index in [0.717, 1.165) is 11.3 Å². The number of aromatic nitrogens is 1. The molecule has 12 heteroatoms. The van der Waals surface area contributed by atoms with Gasteiger partial charge in [-0.1, -0.05) is 35.1 Å². The minimum Gasteiger partial charge on any atom is -0.493 e. The largest absolute Gasteiger partial charge is 0.493 e. The normalized spacial score (nSPS) is 15.2. The first-order chi connectivity index (χ1) is 17.7. The highest BCUT2D eigenvalue weighted by Crippen LogP contribution is 2.35. The van der Waals surface area contributed by atoms with E-state index in [1.807, 2.05) is 0 Å². The van der Waals surface area contributed by atoms with Crippen LogP contribution in [-0.4, -0.2) is 36.3 Å². The van der Waals surface area contributed by atoms with Crippen molar-refractivity contribution < 1.29 is 23.9 Å². The lowest BCUT2D eigenvalue weighted by atomic mass is 9.96. The van der Waals surface area contributed by atoms with Crippen LogP contribution in [0.1, 0.15) is 31.0 Å². The number of fused-ring (bicyclic) bond motifs is 1. The minimum absolute atomic E-state index is 0.149. The number of benzene rings is 2. The second-order valence-corrected chi connectivity index (χ2v) is 9.32. The van der Waals surface area contributed by atoms with Crippen molar-refractivity contribution in [3.8, 4) is 11.5 Å². The molecule has 0 amide bonds. The Morgan fingerprint density at radius 3 is 2.46 bits per heavy atom. The van der Waals surface area contributed by atoms with Crippen LogP contribution in [0.25, 0.3) is 6.08 Å². The van der Waals surface area contributed by atoms with Gasteiger partial charge in [0.25, 0.3) is 11.2 Å². The second-order valence-electron chi connectivity index (χ2n) is 7.88. The molecule has 10 nitrogen and oxygen atoms in total. The predicted octanol–water partition coefficient (Wildman–Crippen LogP) is 3.38. The molecular formula is C25H22ClN3O7S. The SMILES string of the molecule is CCOC(=O)C1=C(C)N=c2s/c(=C\c3cc(OC)c(OC)cc3[N+](=O)[O-])c(=O)n2[C@@H]1c1ccc(Cl)cc1. The Balaban J connectivity index is 1.99. The van der Waals surface area contributed by atoms with Crippen molar-refractivity contribution in [1.82, 2.24) is 4.57 Å². The summed E-state index contributed by atoms with van der Waals surface area (Å²) in [5, 5.41) is 12.3. The van der Waals surface area contributed by atoms with Crippen LogP contribution < -0.4 is 24.4 Å². The summed E-state index contributed by atoms with van der Waals surface area (Å²) in [6.45, 7) is 3.51. The summed E-state index contributed by atoms with van der Waals surface area (Å²) in [4.78, 5) is 42.7. The fraction of sp³-hybridized carbons (Fsp3) is 0.240. The molecule has 0 saturated carbocycles. The van der Waals surface area contributed by atoms with E-state index in [-0.39, 0.29) is 39.5 Å². The monoisotopic (exact) mass is 543 g/mol. The van der Waals surface area contributed by atoms with Crippen LogP contribution >= 0.6 is 22.9 Å². The third-order valence-electron chi connectivity index (χ3n) is 5.72. The number of nitrogens with zero attached hydrogens (tertiary/aromatic N) is 3. The first-order valence-corrected chi connectivity index (χ1v) is 12.2. The van der Waals surface area contributed by atoms with Gasteiger partial charge in [0.05, 0.1) is 59.2 Å². The predicted molar refractivity (Wildman–Crippen MR) is 138 cm³/mol. The van der Waals surface area contributed by atoms with Crippen molar-refractivity contribution in [2.75, 3.05) is 20.8 Å². The Hall–Kier alpha value is -3.96. The molecule has 37 heavy (non-hydrogen) atoms. The van der Waals surface area contributed by atoms with E-state index in [4.69, 9.17) is 25.8 Å². The molecule has 2 heterocycles. The van der Waals surface area contributed by atoms with Crippen LogP contribution in [0.4, 0.5) is 5.69 Å². The summed E-state index contributed by atoms with van der Waals surface area (Å²) < 4.78 is 17.3. The molecule has 3 aromatic rings. The fourth-order valence-electron chi connectivity index (χ4n) is 4.05. The molecule has 0 N–H and O–H groups in total. The first kappa shape index (κ1) is 26.1. The Bertz CT molecular complexity index is 1610. The zero-order valence-electron chi connectivity index (χ0n) is 20.3. The number of hydrogen-bond acceptors (Lipinski definition) is 9. The van der Waals surface area contributed by atoms with Gasteiger partial charge in [0, 0.05) is 5.02 Å². The summed E-state index contributed by atoms with van der Waals surface area (Å²) in [5.74, 6) is -0.134. The van der Waals surface area contributed by atoms with Crippen LogP contribution in [0, 0.1) is 10.1 Å². The third-order valence-corrected chi connectivity index (χ3v) is 6.95. The summed E-state index contributed by atoms with van der Waals surface area (Å²) in [6.07, 6.45) is 1.41. The van der Waals surface area contributed by atoms with E-state index in [1.165, 1.54) is 37.0 Å². The quantitative estimate of drug-likeness (QED) is 0.254. The number of hydrogen-bond donors (Lipinski definition) is 0. The highest BCUT2D eigenvalue weighted by Gasteiger charge is 2.33. The van der Waals surface area contributed by atoms with E-state index < -0.39 is 22.5 Å². The number of esters is 1. The van der Waals surface area contributed by atoms with Gasteiger partial charge in [0.1, 0.15) is 0 Å². The van der Waals surface area contributed by atoms with Gasteiger partial charge in [-0.05, 0) is 43.7 Å². The smallest absolute Gasteiger partial charge is 0.338 e. The number of nitro benzene ring substituents is 1. The molecule has 0 aliphatic carbocycles. The zero-order chi connectivity index (χ0) is 26.9. The highest BCUT2D eigenvalue weighted by atomic mass is 35.5. The summed E-state index contributed by atoms with van der Waals surface area (Å²) in [5.41, 5.74) is 0.676. The molecule has 0 fully saturated rings. The molecule has 0 unspecified atom stereocenters. The van der Waals surface area contributed by atoms with E-state index in [1.54, 1.807) is 38.1 Å². The number of halogens is 1. The number of carbonyl (C=O) groups excluding carboxylic acids is 1. The molecule has 192 valence electrons. The summed E-state index contributed by atoms with van der Waals surface area (Å²) >= 11 is 7.13. The average molecular weight is 544 g/mol. The van der Waals surface area contributed by atoms with Crippen molar-refractivity contribution in [1.29, 1.82) is 0 Å². The number of allylic oxidation sites excluding steroid dienone is 1. The van der Waals surface area contributed by atoms with Crippen LogP contribution in [0.3, 0.4) is 0 Å². The van der Waals surface area contributed by atoms with Gasteiger partial charge in [-0.25, -0.2) is 9.79 Å². The van der Waals surface area contributed by atoms with Crippen molar-refractivity contribution in [2.24, 2.45) is 4.99 Å².